The van der Waals surface area contributed by atoms with Gasteiger partial charge >= 0.3 is 17.1 Å². The fourth-order valence-corrected chi connectivity index (χ4v) is 6.30. The number of hydrogen-bond donors (Lipinski definition) is 1. The minimum atomic E-state index is -0.460. The highest BCUT2D eigenvalue weighted by Crippen LogP contribution is 2.29. The first-order chi connectivity index (χ1) is 23.9. The van der Waals surface area contributed by atoms with E-state index in [1.807, 2.05) is 37.4 Å². The van der Waals surface area contributed by atoms with Crippen molar-refractivity contribution in [2.45, 2.75) is 45.4 Å². The summed E-state index contributed by atoms with van der Waals surface area (Å²) in [5.74, 6) is 0.255. The molecule has 0 aliphatic rings. The van der Waals surface area contributed by atoms with Crippen LogP contribution in [0.4, 0.5) is 5.13 Å². The molecule has 0 saturated heterocycles. The molecule has 9 heteroatoms. The summed E-state index contributed by atoms with van der Waals surface area (Å²) in [6.07, 6.45) is 8.65. The molecule has 0 aliphatic carbocycles. The molecule has 49 heavy (non-hydrogen) atoms. The molecule has 0 bridgehead atoms. The number of benzene rings is 4. The van der Waals surface area contributed by atoms with Gasteiger partial charge in [-0.05, 0) is 109 Å². The van der Waals surface area contributed by atoms with E-state index in [-0.39, 0.29) is 0 Å². The van der Waals surface area contributed by atoms with Gasteiger partial charge in [0.25, 0.3) is 0 Å². The van der Waals surface area contributed by atoms with Crippen LogP contribution < -0.4 is 19.5 Å². The number of unbranched alkanes of at least 4 members (excludes halogenated alkanes) is 3. The maximum Gasteiger partial charge on any atom is 0.359 e. The number of anilines is 1. The van der Waals surface area contributed by atoms with Gasteiger partial charge in [0, 0.05) is 11.6 Å². The molecule has 0 aliphatic heterocycles. The molecule has 5 aromatic rings. The van der Waals surface area contributed by atoms with Crippen LogP contribution in [-0.4, -0.2) is 31.4 Å². The van der Waals surface area contributed by atoms with Gasteiger partial charge in [-0.25, -0.2) is 14.2 Å². The molecule has 1 N–H and O–H groups in total. The summed E-state index contributed by atoms with van der Waals surface area (Å²) in [5, 5.41) is 5.49. The topological polar surface area (TPSA) is 90.1 Å². The Morgan fingerprint density at radius 3 is 2.37 bits per heavy atom. The molecule has 0 saturated carbocycles. The van der Waals surface area contributed by atoms with Gasteiger partial charge in [0.05, 0.1) is 36.7 Å². The molecule has 0 radical (unpaired) electrons. The maximum atomic E-state index is 13.1. The second kappa shape index (κ2) is 17.8. The molecule has 0 unspecified atom stereocenters. The average Bonchev–Trinajstić information content (AvgIpc) is 3.45. The number of rotatable bonds is 17. The molecular formula is C40H42N3O5S+. The van der Waals surface area contributed by atoms with Crippen molar-refractivity contribution >= 4 is 44.8 Å². The summed E-state index contributed by atoms with van der Waals surface area (Å²) < 4.78 is 19.9. The number of nitrogens with zero attached hydrogens (tertiary/aromatic N) is 2. The Morgan fingerprint density at radius 1 is 0.898 bits per heavy atom. The van der Waals surface area contributed by atoms with Gasteiger partial charge in [0.15, 0.2) is 0 Å². The zero-order chi connectivity index (χ0) is 34.4. The molecule has 5 rings (SSSR count). The van der Waals surface area contributed by atoms with Crippen molar-refractivity contribution in [2.75, 3.05) is 18.6 Å². The van der Waals surface area contributed by atoms with Crippen LogP contribution >= 0.6 is 11.3 Å². The molecule has 8 nitrogen and oxygen atoms in total. The first-order valence-electron chi connectivity index (χ1n) is 16.6. The molecule has 0 fully saturated rings. The van der Waals surface area contributed by atoms with Gasteiger partial charge in [-0.1, -0.05) is 67.5 Å². The van der Waals surface area contributed by atoms with Gasteiger partial charge in [-0.2, -0.15) is 0 Å². The standard InChI is InChI=1S/C40H41N3O5S/c1-4-12-29-15-17-30(18-16-29)35-24-23-34(27-32(35)28-41-42-40-43(3)36-13-8-9-14-37(36)49-40)48-39(45)31-19-21-33(22-20-31)46-25-10-6-7-11-26-47-38(44)5-2/h5,8-9,13-24,27-28H,2,4,6-7,10-12,25-26H2,1,3H3/p+1/b41-28+. The van der Waals surface area contributed by atoms with Gasteiger partial charge in [0.1, 0.15) is 17.0 Å². The van der Waals surface area contributed by atoms with Crippen LogP contribution in [0.5, 0.6) is 11.5 Å². The lowest BCUT2D eigenvalue weighted by Gasteiger charge is -2.11. The van der Waals surface area contributed by atoms with Crippen LogP contribution in [-0.2, 0) is 23.0 Å². The zero-order valence-electron chi connectivity index (χ0n) is 28.0. The number of aromatic nitrogens is 1. The molecular weight excluding hydrogens is 635 g/mol. The van der Waals surface area contributed by atoms with Crippen LogP contribution in [0.1, 0.15) is 60.5 Å². The molecule has 1 heterocycles. The number of ether oxygens (including phenoxy) is 3. The van der Waals surface area contributed by atoms with E-state index >= 15 is 0 Å². The average molecular weight is 677 g/mol. The molecule has 0 amide bonds. The summed E-state index contributed by atoms with van der Waals surface area (Å²) in [6.45, 7) is 6.52. The second-order valence-electron chi connectivity index (χ2n) is 11.5. The van der Waals surface area contributed by atoms with Crippen molar-refractivity contribution in [2.24, 2.45) is 12.1 Å². The lowest BCUT2D eigenvalue weighted by molar-refractivity contribution is -0.626. The van der Waals surface area contributed by atoms with E-state index in [0.29, 0.717) is 30.3 Å². The number of esters is 2. The van der Waals surface area contributed by atoms with E-state index < -0.39 is 11.9 Å². The summed E-state index contributed by atoms with van der Waals surface area (Å²) >= 11 is 1.63. The maximum absolute atomic E-state index is 13.1. The monoisotopic (exact) mass is 676 g/mol. The third kappa shape index (κ3) is 9.87. The fraction of sp³-hybridized carbons (Fsp3) is 0.250. The molecule has 0 spiro atoms. The van der Waals surface area contributed by atoms with Gasteiger partial charge in [-0.15, -0.1) is 5.43 Å². The Hall–Kier alpha value is -5.28. The van der Waals surface area contributed by atoms with E-state index in [1.54, 1.807) is 41.8 Å². The van der Waals surface area contributed by atoms with Gasteiger partial charge in [0.2, 0.25) is 0 Å². The number of thiazole rings is 1. The Balaban J connectivity index is 1.22. The number of carbonyl (C=O) groups excluding carboxylic acids is 2. The summed E-state index contributed by atoms with van der Waals surface area (Å²) in [6, 6.07) is 29.3. The Morgan fingerprint density at radius 2 is 1.63 bits per heavy atom. The van der Waals surface area contributed by atoms with Gasteiger partial charge < -0.3 is 14.2 Å². The number of nitrogens with one attached hydrogen (secondary N) is 1. The SMILES string of the molecule is C=CC(=O)OCCCCCCOc1ccc(C(=O)Oc2ccc(-c3ccc(CCC)cc3)c(/C=N/Nc3sc4ccccc4[n+]3C)c2)cc1. The predicted molar refractivity (Wildman–Crippen MR) is 197 cm³/mol. The quantitative estimate of drug-likeness (QED) is 0.0202. The number of carbonyl (C=O) groups is 2. The Labute approximate surface area is 291 Å². The molecule has 4 aromatic carbocycles. The summed E-state index contributed by atoms with van der Waals surface area (Å²) in [5.41, 5.74) is 8.88. The molecule has 0 atom stereocenters. The van der Waals surface area contributed by atoms with Crippen LogP contribution in [0.3, 0.4) is 0 Å². The van der Waals surface area contributed by atoms with E-state index in [0.717, 1.165) is 65.9 Å². The summed E-state index contributed by atoms with van der Waals surface area (Å²) in [4.78, 5) is 24.2. The Bertz CT molecular complexity index is 1900. The van der Waals surface area contributed by atoms with E-state index in [4.69, 9.17) is 14.2 Å². The largest absolute Gasteiger partial charge is 0.494 e. The third-order valence-corrected chi connectivity index (χ3v) is 9.07. The van der Waals surface area contributed by atoms with Crippen LogP contribution in [0.2, 0.25) is 0 Å². The number of aryl methyl sites for hydroxylation is 2. The number of fused-ring (bicyclic) bond motifs is 1. The van der Waals surface area contributed by atoms with Crippen molar-refractivity contribution in [3.63, 3.8) is 0 Å². The normalized spacial score (nSPS) is 11.1. The molecule has 252 valence electrons. The lowest BCUT2D eigenvalue weighted by Crippen LogP contribution is -2.28. The van der Waals surface area contributed by atoms with Crippen molar-refractivity contribution in [1.82, 2.24) is 0 Å². The van der Waals surface area contributed by atoms with Crippen LogP contribution in [0, 0.1) is 0 Å². The van der Waals surface area contributed by atoms with E-state index in [1.165, 1.54) is 16.3 Å². The van der Waals surface area contributed by atoms with Crippen LogP contribution in [0.15, 0.2) is 109 Å². The van der Waals surface area contributed by atoms with E-state index in [9.17, 15) is 9.59 Å². The highest BCUT2D eigenvalue weighted by Gasteiger charge is 2.15. The van der Waals surface area contributed by atoms with Crippen LogP contribution in [0.25, 0.3) is 21.3 Å². The number of hydrogen-bond acceptors (Lipinski definition) is 8. The first-order valence-corrected chi connectivity index (χ1v) is 17.4. The van der Waals surface area contributed by atoms with Crippen molar-refractivity contribution in [1.29, 1.82) is 0 Å². The zero-order valence-corrected chi connectivity index (χ0v) is 28.8. The highest BCUT2D eigenvalue weighted by molar-refractivity contribution is 7.21. The minimum Gasteiger partial charge on any atom is -0.494 e. The highest BCUT2D eigenvalue weighted by atomic mass is 32.1. The number of hydrazone groups is 1. The summed E-state index contributed by atoms with van der Waals surface area (Å²) in [7, 11) is 2.01. The first kappa shape index (κ1) is 35.0. The minimum absolute atomic E-state index is 0.391. The van der Waals surface area contributed by atoms with Crippen molar-refractivity contribution < 1.29 is 28.4 Å². The van der Waals surface area contributed by atoms with Crippen molar-refractivity contribution in [3.05, 3.63) is 120 Å². The molecule has 1 aromatic heterocycles. The van der Waals surface area contributed by atoms with E-state index in [2.05, 4.69) is 65.0 Å². The lowest BCUT2D eigenvalue weighted by atomic mass is 9.98. The van der Waals surface area contributed by atoms with Gasteiger partial charge in [-0.3, -0.25) is 0 Å². The third-order valence-electron chi connectivity index (χ3n) is 7.95. The number of para-hydroxylation sites is 1. The fourth-order valence-electron chi connectivity index (χ4n) is 5.30. The Kier molecular flexibility index (Phi) is 12.7. The smallest absolute Gasteiger partial charge is 0.359 e. The predicted octanol–water partition coefficient (Wildman–Crippen LogP) is 8.68. The van der Waals surface area contributed by atoms with Crippen molar-refractivity contribution in [3.8, 4) is 22.6 Å². The second-order valence-corrected chi connectivity index (χ2v) is 12.6.